The van der Waals surface area contributed by atoms with Gasteiger partial charge in [-0.15, -0.1) is 0 Å². The molecule has 0 bridgehead atoms. The number of nitrogens with zero attached hydrogens (tertiary/aromatic N) is 2. The van der Waals surface area contributed by atoms with Crippen LogP contribution >= 0.6 is 11.6 Å². The monoisotopic (exact) mass is 337 g/mol. The van der Waals surface area contributed by atoms with Crippen molar-refractivity contribution in [1.29, 1.82) is 0 Å². The molecule has 6 nitrogen and oxygen atoms in total. The normalized spacial score (nSPS) is 20.6. The third kappa shape index (κ3) is 3.03. The highest BCUT2D eigenvalue weighted by Crippen LogP contribution is 2.33. The van der Waals surface area contributed by atoms with Gasteiger partial charge >= 0.3 is 6.03 Å². The van der Waals surface area contributed by atoms with Crippen molar-refractivity contribution in [2.75, 3.05) is 19.6 Å². The number of urea groups is 1. The Kier molecular flexibility index (Phi) is 4.94. The molecule has 7 heteroatoms. The van der Waals surface area contributed by atoms with E-state index < -0.39 is 17.5 Å². The van der Waals surface area contributed by atoms with Gasteiger partial charge in [-0.1, -0.05) is 29.8 Å². The first-order chi connectivity index (χ1) is 10.8. The molecule has 0 aromatic heterocycles. The molecule has 1 aromatic carbocycles. The number of halogens is 1. The largest absolute Gasteiger partial charge is 0.342 e. The Balaban J connectivity index is 2.27. The second-order valence-corrected chi connectivity index (χ2v) is 5.90. The molecule has 1 N–H and O–H groups in total. The van der Waals surface area contributed by atoms with Gasteiger partial charge in [-0.05, 0) is 26.8 Å². The molecule has 1 aliphatic rings. The van der Waals surface area contributed by atoms with Crippen molar-refractivity contribution in [2.45, 2.75) is 26.3 Å². The maximum Gasteiger partial charge on any atom is 0.325 e. The number of hydrogen-bond donors (Lipinski definition) is 1. The van der Waals surface area contributed by atoms with Crippen molar-refractivity contribution < 1.29 is 14.4 Å². The van der Waals surface area contributed by atoms with Crippen molar-refractivity contribution >= 4 is 29.4 Å². The van der Waals surface area contributed by atoms with E-state index in [-0.39, 0.29) is 12.5 Å². The first kappa shape index (κ1) is 17.3. The van der Waals surface area contributed by atoms with Crippen molar-refractivity contribution in [1.82, 2.24) is 15.1 Å². The topological polar surface area (TPSA) is 69.7 Å². The minimum atomic E-state index is -1.26. The van der Waals surface area contributed by atoms with Crippen LogP contribution in [0.3, 0.4) is 0 Å². The maximum absolute atomic E-state index is 12.7. The van der Waals surface area contributed by atoms with Crippen LogP contribution < -0.4 is 5.32 Å². The summed E-state index contributed by atoms with van der Waals surface area (Å²) in [4.78, 5) is 39.7. The van der Waals surface area contributed by atoms with Gasteiger partial charge < -0.3 is 10.2 Å². The molecular formula is C16H20ClN3O3. The van der Waals surface area contributed by atoms with Crippen LogP contribution in [-0.4, -0.2) is 47.3 Å². The van der Waals surface area contributed by atoms with E-state index >= 15 is 0 Å². The Labute approximate surface area is 140 Å². The number of amides is 4. The van der Waals surface area contributed by atoms with E-state index in [1.807, 2.05) is 13.8 Å². The molecule has 124 valence electrons. The first-order valence-corrected chi connectivity index (χ1v) is 7.89. The van der Waals surface area contributed by atoms with Crippen LogP contribution in [0, 0.1) is 0 Å². The Bertz CT molecular complexity index is 645. The number of likely N-dealkylation sites (N-methyl/N-ethyl adjacent to an activating group) is 1. The molecule has 1 saturated heterocycles. The lowest BCUT2D eigenvalue weighted by molar-refractivity contribution is -0.138. The van der Waals surface area contributed by atoms with E-state index in [1.54, 1.807) is 36.1 Å². The molecule has 23 heavy (non-hydrogen) atoms. The average Bonchev–Trinajstić information content (AvgIpc) is 2.73. The second-order valence-electron chi connectivity index (χ2n) is 5.49. The van der Waals surface area contributed by atoms with Gasteiger partial charge in [-0.2, -0.15) is 0 Å². The van der Waals surface area contributed by atoms with Crippen LogP contribution in [0.4, 0.5) is 4.79 Å². The highest BCUT2D eigenvalue weighted by molar-refractivity contribution is 6.32. The minimum absolute atomic E-state index is 0.262. The van der Waals surface area contributed by atoms with Gasteiger partial charge in [0.1, 0.15) is 12.1 Å². The zero-order valence-corrected chi connectivity index (χ0v) is 14.2. The van der Waals surface area contributed by atoms with E-state index in [9.17, 15) is 14.4 Å². The molecule has 1 aliphatic heterocycles. The highest BCUT2D eigenvalue weighted by Gasteiger charge is 2.50. The SMILES string of the molecule is CCN(CC)C(=O)CN1C(=O)NC(C)(c2ccccc2Cl)C1=O. The lowest BCUT2D eigenvalue weighted by Gasteiger charge is -2.24. The fourth-order valence-corrected chi connectivity index (χ4v) is 3.03. The third-order valence-electron chi connectivity index (χ3n) is 4.10. The van der Waals surface area contributed by atoms with Crippen LogP contribution in [0.15, 0.2) is 24.3 Å². The molecule has 0 saturated carbocycles. The molecule has 1 fully saturated rings. The van der Waals surface area contributed by atoms with Gasteiger partial charge in [0.2, 0.25) is 5.91 Å². The van der Waals surface area contributed by atoms with Crippen LogP contribution in [0.25, 0.3) is 0 Å². The van der Waals surface area contributed by atoms with E-state index in [4.69, 9.17) is 11.6 Å². The zero-order chi connectivity index (χ0) is 17.2. The number of nitrogens with one attached hydrogen (secondary N) is 1. The quantitative estimate of drug-likeness (QED) is 0.835. The van der Waals surface area contributed by atoms with Crippen molar-refractivity contribution in [3.8, 4) is 0 Å². The molecule has 1 heterocycles. The average molecular weight is 338 g/mol. The molecular weight excluding hydrogens is 318 g/mol. The van der Waals surface area contributed by atoms with Gasteiger partial charge in [0.15, 0.2) is 0 Å². The fraction of sp³-hybridized carbons (Fsp3) is 0.438. The lowest BCUT2D eigenvalue weighted by Crippen LogP contribution is -2.44. The molecule has 1 atom stereocenters. The van der Waals surface area contributed by atoms with Gasteiger partial charge in [-0.25, -0.2) is 4.79 Å². The number of rotatable bonds is 5. The second kappa shape index (κ2) is 6.58. The summed E-state index contributed by atoms with van der Waals surface area (Å²) in [5, 5.41) is 3.04. The molecule has 1 aromatic rings. The lowest BCUT2D eigenvalue weighted by atomic mass is 9.92. The minimum Gasteiger partial charge on any atom is -0.342 e. The van der Waals surface area contributed by atoms with Gasteiger partial charge in [0.05, 0.1) is 0 Å². The van der Waals surface area contributed by atoms with Crippen LogP contribution in [0.1, 0.15) is 26.3 Å². The molecule has 4 amide bonds. The number of hydrogen-bond acceptors (Lipinski definition) is 3. The summed E-state index contributed by atoms with van der Waals surface area (Å²) in [5.74, 6) is -0.738. The molecule has 0 spiro atoms. The third-order valence-corrected chi connectivity index (χ3v) is 4.43. The molecule has 2 rings (SSSR count). The van der Waals surface area contributed by atoms with Gasteiger partial charge in [-0.3, -0.25) is 14.5 Å². The van der Waals surface area contributed by atoms with Crippen molar-refractivity contribution in [2.24, 2.45) is 0 Å². The van der Waals surface area contributed by atoms with Crippen LogP contribution in [0.2, 0.25) is 5.02 Å². The Hall–Kier alpha value is -2.08. The maximum atomic E-state index is 12.7. The Morgan fingerprint density at radius 2 is 1.87 bits per heavy atom. The first-order valence-electron chi connectivity index (χ1n) is 7.52. The highest BCUT2D eigenvalue weighted by atomic mass is 35.5. The fourth-order valence-electron chi connectivity index (χ4n) is 2.70. The number of benzene rings is 1. The number of carbonyl (C=O) groups is 3. The van der Waals surface area contributed by atoms with Crippen LogP contribution in [-0.2, 0) is 15.1 Å². The predicted octanol–water partition coefficient (Wildman–Crippen LogP) is 1.98. The molecule has 0 radical (unpaired) electrons. The van der Waals surface area contributed by atoms with Crippen molar-refractivity contribution in [3.63, 3.8) is 0 Å². The zero-order valence-electron chi connectivity index (χ0n) is 13.4. The number of imide groups is 1. The smallest absolute Gasteiger partial charge is 0.325 e. The van der Waals surface area contributed by atoms with E-state index in [0.29, 0.717) is 23.7 Å². The van der Waals surface area contributed by atoms with E-state index in [0.717, 1.165) is 4.90 Å². The summed E-state index contributed by atoms with van der Waals surface area (Å²) in [6.45, 7) is 6.08. The standard InChI is InChI=1S/C16H20ClN3O3/c1-4-19(5-2)13(21)10-20-14(22)16(3,18-15(20)23)11-8-6-7-9-12(11)17/h6-9H,4-5,10H2,1-3H3,(H,18,23). The van der Waals surface area contributed by atoms with E-state index in [2.05, 4.69) is 5.32 Å². The summed E-state index contributed by atoms with van der Waals surface area (Å²) >= 11 is 6.16. The number of carbonyl (C=O) groups excluding carboxylic acids is 3. The summed E-state index contributed by atoms with van der Waals surface area (Å²) in [6.07, 6.45) is 0. The Morgan fingerprint density at radius 3 is 2.43 bits per heavy atom. The van der Waals surface area contributed by atoms with Gasteiger partial charge in [0.25, 0.3) is 5.91 Å². The summed E-state index contributed by atoms with van der Waals surface area (Å²) in [7, 11) is 0. The summed E-state index contributed by atoms with van der Waals surface area (Å²) in [6, 6.07) is 6.26. The molecule has 0 aliphatic carbocycles. The van der Waals surface area contributed by atoms with Crippen LogP contribution in [0.5, 0.6) is 0 Å². The Morgan fingerprint density at radius 1 is 1.26 bits per heavy atom. The predicted molar refractivity (Wildman–Crippen MR) is 87.0 cm³/mol. The molecule has 1 unspecified atom stereocenters. The van der Waals surface area contributed by atoms with E-state index in [1.165, 1.54) is 0 Å². The summed E-state index contributed by atoms with van der Waals surface area (Å²) in [5.41, 5.74) is -0.753. The van der Waals surface area contributed by atoms with Gasteiger partial charge in [0, 0.05) is 23.7 Å². The van der Waals surface area contributed by atoms with Crippen molar-refractivity contribution in [3.05, 3.63) is 34.9 Å². The summed E-state index contributed by atoms with van der Waals surface area (Å²) < 4.78 is 0.